The van der Waals surface area contributed by atoms with Crippen LogP contribution in [-0.2, 0) is 6.54 Å². The molecule has 1 unspecified atom stereocenters. The van der Waals surface area contributed by atoms with Crippen LogP contribution >= 0.6 is 0 Å². The highest BCUT2D eigenvalue weighted by Crippen LogP contribution is 2.36. The molecule has 0 amide bonds. The Hall–Kier alpha value is -1.02. The number of rotatable bonds is 6. The summed E-state index contributed by atoms with van der Waals surface area (Å²) >= 11 is 0. The molecule has 0 aromatic heterocycles. The Bertz CT molecular complexity index is 358. The molecule has 2 heteroatoms. The van der Waals surface area contributed by atoms with Crippen LogP contribution in [0.2, 0.25) is 0 Å². The second-order valence-electron chi connectivity index (χ2n) is 5.10. The first-order valence-corrected chi connectivity index (χ1v) is 6.75. The van der Waals surface area contributed by atoms with Crippen molar-refractivity contribution in [1.82, 2.24) is 5.32 Å². The van der Waals surface area contributed by atoms with Crippen LogP contribution in [0.1, 0.15) is 32.3 Å². The van der Waals surface area contributed by atoms with Gasteiger partial charge in [-0.2, -0.15) is 0 Å². The van der Waals surface area contributed by atoms with Gasteiger partial charge in [-0.15, -0.1) is 0 Å². The lowest BCUT2D eigenvalue weighted by molar-refractivity contribution is 0.605. The van der Waals surface area contributed by atoms with E-state index in [4.69, 9.17) is 0 Å². The normalized spacial score (nSPS) is 16.9. The minimum Gasteiger partial charge on any atom is -0.371 e. The van der Waals surface area contributed by atoms with Crippen LogP contribution in [-0.4, -0.2) is 19.6 Å². The predicted molar refractivity (Wildman–Crippen MR) is 74.4 cm³/mol. The summed E-state index contributed by atoms with van der Waals surface area (Å²) in [6.45, 7) is 6.49. The van der Waals surface area contributed by atoms with E-state index < -0.39 is 0 Å². The van der Waals surface area contributed by atoms with Crippen LogP contribution < -0.4 is 10.2 Å². The zero-order valence-corrected chi connectivity index (χ0v) is 11.2. The maximum Gasteiger partial charge on any atom is 0.0411 e. The molecule has 0 heterocycles. The first-order chi connectivity index (χ1) is 8.24. The average molecular weight is 232 g/mol. The van der Waals surface area contributed by atoms with Gasteiger partial charge >= 0.3 is 0 Å². The molecule has 1 atom stereocenters. The van der Waals surface area contributed by atoms with E-state index in [-0.39, 0.29) is 0 Å². The molecule has 17 heavy (non-hydrogen) atoms. The standard InChI is InChI=1S/C15H24N2/c1-4-16-11-14-7-5-6-8-15(14)17(3)12(2)13-9-10-13/h5-8,12-13,16H,4,9-11H2,1-3H3. The Morgan fingerprint density at radius 2 is 2.06 bits per heavy atom. The van der Waals surface area contributed by atoms with Gasteiger partial charge in [-0.3, -0.25) is 0 Å². The van der Waals surface area contributed by atoms with Crippen LogP contribution in [0.5, 0.6) is 0 Å². The van der Waals surface area contributed by atoms with E-state index in [1.807, 2.05) is 0 Å². The Labute approximate surface area is 105 Å². The third-order valence-corrected chi connectivity index (χ3v) is 3.85. The molecule has 1 aliphatic rings. The monoisotopic (exact) mass is 232 g/mol. The van der Waals surface area contributed by atoms with Crippen molar-refractivity contribution in [3.05, 3.63) is 29.8 Å². The molecule has 1 fully saturated rings. The third-order valence-electron chi connectivity index (χ3n) is 3.85. The topological polar surface area (TPSA) is 15.3 Å². The lowest BCUT2D eigenvalue weighted by Crippen LogP contribution is -2.31. The summed E-state index contributed by atoms with van der Waals surface area (Å²) < 4.78 is 0. The fourth-order valence-corrected chi connectivity index (χ4v) is 2.38. The second kappa shape index (κ2) is 5.54. The number of hydrogen-bond acceptors (Lipinski definition) is 2. The van der Waals surface area contributed by atoms with Gasteiger partial charge in [0.25, 0.3) is 0 Å². The van der Waals surface area contributed by atoms with Gasteiger partial charge in [0.15, 0.2) is 0 Å². The van der Waals surface area contributed by atoms with E-state index in [0.29, 0.717) is 6.04 Å². The van der Waals surface area contributed by atoms with Gasteiger partial charge in [-0.25, -0.2) is 0 Å². The highest BCUT2D eigenvalue weighted by atomic mass is 15.1. The second-order valence-corrected chi connectivity index (χ2v) is 5.10. The summed E-state index contributed by atoms with van der Waals surface area (Å²) in [5.41, 5.74) is 2.79. The van der Waals surface area contributed by atoms with Crippen LogP contribution in [0.3, 0.4) is 0 Å². The molecule has 0 spiro atoms. The fraction of sp³-hybridized carbons (Fsp3) is 0.600. The lowest BCUT2D eigenvalue weighted by Gasteiger charge is -2.29. The molecule has 1 N–H and O–H groups in total. The smallest absolute Gasteiger partial charge is 0.0411 e. The van der Waals surface area contributed by atoms with E-state index in [2.05, 4.69) is 55.4 Å². The van der Waals surface area contributed by atoms with Gasteiger partial charge in [0.2, 0.25) is 0 Å². The summed E-state index contributed by atoms with van der Waals surface area (Å²) in [6, 6.07) is 9.41. The molecule has 0 aliphatic heterocycles. The molecular weight excluding hydrogens is 208 g/mol. The van der Waals surface area contributed by atoms with Crippen molar-refractivity contribution in [3.8, 4) is 0 Å². The number of hydrogen-bond donors (Lipinski definition) is 1. The van der Waals surface area contributed by atoms with Gasteiger partial charge < -0.3 is 10.2 Å². The zero-order chi connectivity index (χ0) is 12.3. The number of benzene rings is 1. The van der Waals surface area contributed by atoms with Crippen LogP contribution in [0.15, 0.2) is 24.3 Å². The van der Waals surface area contributed by atoms with E-state index in [1.165, 1.54) is 24.1 Å². The molecule has 1 aromatic rings. The molecule has 1 aromatic carbocycles. The predicted octanol–water partition coefficient (Wildman–Crippen LogP) is 3.03. The van der Waals surface area contributed by atoms with Crippen molar-refractivity contribution < 1.29 is 0 Å². The Morgan fingerprint density at radius 1 is 1.35 bits per heavy atom. The Morgan fingerprint density at radius 3 is 2.71 bits per heavy atom. The highest BCUT2D eigenvalue weighted by Gasteiger charge is 2.31. The average Bonchev–Trinajstić information content (AvgIpc) is 3.19. The molecule has 1 aliphatic carbocycles. The van der Waals surface area contributed by atoms with Crippen molar-refractivity contribution in [2.45, 2.75) is 39.3 Å². The van der Waals surface area contributed by atoms with Crippen LogP contribution in [0.25, 0.3) is 0 Å². The van der Waals surface area contributed by atoms with E-state index in [1.54, 1.807) is 0 Å². The first-order valence-electron chi connectivity index (χ1n) is 6.75. The summed E-state index contributed by atoms with van der Waals surface area (Å²) in [5.74, 6) is 0.909. The zero-order valence-electron chi connectivity index (χ0n) is 11.2. The molecule has 2 rings (SSSR count). The Balaban J connectivity index is 2.11. The molecule has 2 nitrogen and oxygen atoms in total. The van der Waals surface area contributed by atoms with Crippen molar-refractivity contribution >= 4 is 5.69 Å². The molecule has 1 saturated carbocycles. The minimum absolute atomic E-state index is 0.665. The number of nitrogens with one attached hydrogen (secondary N) is 1. The van der Waals surface area contributed by atoms with Crippen LogP contribution in [0, 0.1) is 5.92 Å². The molecule has 0 radical (unpaired) electrons. The van der Waals surface area contributed by atoms with Crippen molar-refractivity contribution in [1.29, 1.82) is 0 Å². The van der Waals surface area contributed by atoms with E-state index in [0.717, 1.165) is 19.0 Å². The number of para-hydroxylation sites is 1. The third kappa shape index (κ3) is 3.01. The lowest BCUT2D eigenvalue weighted by atomic mass is 10.1. The van der Waals surface area contributed by atoms with Crippen molar-refractivity contribution in [3.63, 3.8) is 0 Å². The number of nitrogens with zero attached hydrogens (tertiary/aromatic N) is 1. The van der Waals surface area contributed by atoms with Gasteiger partial charge in [0.1, 0.15) is 0 Å². The van der Waals surface area contributed by atoms with Gasteiger partial charge in [-0.1, -0.05) is 25.1 Å². The van der Waals surface area contributed by atoms with Crippen molar-refractivity contribution in [2.24, 2.45) is 5.92 Å². The minimum atomic E-state index is 0.665. The summed E-state index contributed by atoms with van der Waals surface area (Å²) in [5, 5.41) is 3.42. The number of anilines is 1. The fourth-order valence-electron chi connectivity index (χ4n) is 2.38. The van der Waals surface area contributed by atoms with Gasteiger partial charge in [0.05, 0.1) is 0 Å². The quantitative estimate of drug-likeness (QED) is 0.811. The maximum atomic E-state index is 3.42. The Kier molecular flexibility index (Phi) is 4.06. The molecule has 0 saturated heterocycles. The first kappa shape index (κ1) is 12.4. The largest absolute Gasteiger partial charge is 0.371 e. The van der Waals surface area contributed by atoms with Crippen molar-refractivity contribution in [2.75, 3.05) is 18.5 Å². The van der Waals surface area contributed by atoms with Gasteiger partial charge in [0, 0.05) is 25.3 Å². The SMILES string of the molecule is CCNCc1ccccc1N(C)C(C)C1CC1. The molecule has 0 bridgehead atoms. The highest BCUT2D eigenvalue weighted by molar-refractivity contribution is 5.54. The molecular formula is C15H24N2. The molecule has 94 valence electrons. The van der Waals surface area contributed by atoms with Crippen LogP contribution in [0.4, 0.5) is 5.69 Å². The van der Waals surface area contributed by atoms with Gasteiger partial charge in [-0.05, 0) is 43.9 Å². The summed E-state index contributed by atoms with van der Waals surface area (Å²) in [6.07, 6.45) is 2.81. The maximum absolute atomic E-state index is 3.42. The summed E-state index contributed by atoms with van der Waals surface area (Å²) in [7, 11) is 2.23. The summed E-state index contributed by atoms with van der Waals surface area (Å²) in [4.78, 5) is 2.45. The van der Waals surface area contributed by atoms with E-state index >= 15 is 0 Å². The van der Waals surface area contributed by atoms with E-state index in [9.17, 15) is 0 Å².